The summed E-state index contributed by atoms with van der Waals surface area (Å²) in [6.45, 7) is 6.20. The number of anilines is 1. The smallest absolute Gasteiger partial charge is 0.223 e. The van der Waals surface area contributed by atoms with Gasteiger partial charge in [0, 0.05) is 17.3 Å². The maximum Gasteiger partial charge on any atom is 0.223 e. The van der Waals surface area contributed by atoms with Gasteiger partial charge in [-0.15, -0.1) is 0 Å². The van der Waals surface area contributed by atoms with Crippen LogP contribution in [0.3, 0.4) is 0 Å². The molecule has 0 aromatic heterocycles. The van der Waals surface area contributed by atoms with E-state index in [4.69, 9.17) is 10.5 Å². The molecule has 4 nitrogen and oxygen atoms in total. The van der Waals surface area contributed by atoms with E-state index in [1.54, 1.807) is 12.1 Å². The van der Waals surface area contributed by atoms with Crippen molar-refractivity contribution < 1.29 is 9.53 Å². The van der Waals surface area contributed by atoms with Gasteiger partial charge >= 0.3 is 0 Å². The van der Waals surface area contributed by atoms with Crippen LogP contribution in [0.25, 0.3) is 0 Å². The summed E-state index contributed by atoms with van der Waals surface area (Å²) >= 11 is 0. The molecule has 1 aromatic rings. The summed E-state index contributed by atoms with van der Waals surface area (Å²) in [5, 5.41) is 2.87. The van der Waals surface area contributed by atoms with Crippen molar-refractivity contribution in [2.24, 2.45) is 0 Å². The Hall–Kier alpha value is -1.71. The monoisotopic (exact) mass is 236 g/mol. The first-order chi connectivity index (χ1) is 7.87. The quantitative estimate of drug-likeness (QED) is 0.785. The molecule has 0 aliphatic carbocycles. The Morgan fingerprint density at radius 1 is 1.41 bits per heavy atom. The fourth-order valence-electron chi connectivity index (χ4n) is 1.35. The van der Waals surface area contributed by atoms with Crippen LogP contribution in [-0.4, -0.2) is 18.1 Å². The summed E-state index contributed by atoms with van der Waals surface area (Å²) in [5.41, 5.74) is 6.07. The average Bonchev–Trinajstić information content (AvgIpc) is 2.14. The molecule has 1 aromatic carbocycles. The molecule has 4 heteroatoms. The van der Waals surface area contributed by atoms with Gasteiger partial charge in [-0.25, -0.2) is 0 Å². The fraction of sp³-hybridized carbons (Fsp3) is 0.462. The molecule has 1 rings (SSSR count). The minimum Gasteiger partial charge on any atom is -0.493 e. The zero-order valence-corrected chi connectivity index (χ0v) is 10.6. The minimum absolute atomic E-state index is 0.0126. The largest absolute Gasteiger partial charge is 0.493 e. The predicted octanol–water partition coefficient (Wildman–Crippen LogP) is 1.95. The first kappa shape index (κ1) is 13.4. The van der Waals surface area contributed by atoms with E-state index in [-0.39, 0.29) is 11.4 Å². The van der Waals surface area contributed by atoms with Crippen LogP contribution in [0.1, 0.15) is 27.2 Å². The van der Waals surface area contributed by atoms with E-state index in [1.165, 1.54) is 0 Å². The van der Waals surface area contributed by atoms with Crippen molar-refractivity contribution >= 4 is 11.6 Å². The van der Waals surface area contributed by atoms with E-state index in [0.717, 1.165) is 0 Å². The van der Waals surface area contributed by atoms with Gasteiger partial charge < -0.3 is 15.8 Å². The van der Waals surface area contributed by atoms with E-state index in [9.17, 15) is 4.79 Å². The third kappa shape index (κ3) is 5.80. The van der Waals surface area contributed by atoms with Crippen molar-refractivity contribution in [1.29, 1.82) is 0 Å². The zero-order chi connectivity index (χ0) is 12.9. The molecule has 0 atom stereocenters. The highest BCUT2D eigenvalue weighted by molar-refractivity contribution is 5.76. The molecule has 94 valence electrons. The number of hydrogen-bond donors (Lipinski definition) is 2. The van der Waals surface area contributed by atoms with E-state index >= 15 is 0 Å². The molecular weight excluding hydrogens is 216 g/mol. The molecule has 0 saturated heterocycles. The lowest BCUT2D eigenvalue weighted by atomic mass is 10.1. The zero-order valence-electron chi connectivity index (χ0n) is 10.6. The normalized spacial score (nSPS) is 11.0. The number of ether oxygens (including phenoxy) is 1. The van der Waals surface area contributed by atoms with Gasteiger partial charge in [-0.2, -0.15) is 0 Å². The van der Waals surface area contributed by atoms with Gasteiger partial charge in [0.05, 0.1) is 13.0 Å². The lowest BCUT2D eigenvalue weighted by molar-refractivity contribution is -0.122. The minimum atomic E-state index is -0.200. The van der Waals surface area contributed by atoms with E-state index in [2.05, 4.69) is 5.32 Å². The van der Waals surface area contributed by atoms with Gasteiger partial charge in [-0.3, -0.25) is 4.79 Å². The number of benzene rings is 1. The highest BCUT2D eigenvalue weighted by Crippen LogP contribution is 2.14. The van der Waals surface area contributed by atoms with Crippen molar-refractivity contribution in [3.63, 3.8) is 0 Å². The number of carbonyl (C=O) groups excluding carboxylic acids is 1. The predicted molar refractivity (Wildman–Crippen MR) is 68.9 cm³/mol. The fourth-order valence-corrected chi connectivity index (χ4v) is 1.35. The molecule has 0 aliphatic rings. The second-order valence-electron chi connectivity index (χ2n) is 4.97. The Kier molecular flexibility index (Phi) is 4.37. The standard InChI is InChI=1S/C13H20N2O2/c1-13(2,3)15-12(16)7-8-17-11-6-4-5-10(14)9-11/h4-6,9H,7-8,14H2,1-3H3,(H,15,16). The molecule has 17 heavy (non-hydrogen) atoms. The number of carbonyl (C=O) groups is 1. The Morgan fingerprint density at radius 2 is 2.12 bits per heavy atom. The van der Waals surface area contributed by atoms with Crippen molar-refractivity contribution in [2.75, 3.05) is 12.3 Å². The third-order valence-corrected chi connectivity index (χ3v) is 1.97. The second kappa shape index (κ2) is 5.57. The first-order valence-corrected chi connectivity index (χ1v) is 5.66. The van der Waals surface area contributed by atoms with Crippen molar-refractivity contribution in [1.82, 2.24) is 5.32 Å². The summed E-state index contributed by atoms with van der Waals surface area (Å²) in [6, 6.07) is 7.17. The SMILES string of the molecule is CC(C)(C)NC(=O)CCOc1cccc(N)c1. The number of nitrogens with one attached hydrogen (secondary N) is 1. The van der Waals surface area contributed by atoms with Crippen LogP contribution in [0.5, 0.6) is 5.75 Å². The maximum absolute atomic E-state index is 11.5. The molecule has 0 radical (unpaired) electrons. The van der Waals surface area contributed by atoms with E-state index < -0.39 is 0 Å². The molecule has 0 fully saturated rings. The number of hydrogen-bond acceptors (Lipinski definition) is 3. The molecule has 0 spiro atoms. The van der Waals surface area contributed by atoms with Crippen molar-refractivity contribution in [3.8, 4) is 5.75 Å². The molecular formula is C13H20N2O2. The van der Waals surface area contributed by atoms with Crippen molar-refractivity contribution in [2.45, 2.75) is 32.7 Å². The van der Waals surface area contributed by atoms with Gasteiger partial charge in [-0.05, 0) is 32.9 Å². The van der Waals surface area contributed by atoms with Gasteiger partial charge in [-0.1, -0.05) is 6.07 Å². The van der Waals surface area contributed by atoms with Gasteiger partial charge in [0.1, 0.15) is 5.75 Å². The summed E-state index contributed by atoms with van der Waals surface area (Å²) in [5.74, 6) is 0.676. The van der Waals surface area contributed by atoms with Gasteiger partial charge in [0.2, 0.25) is 5.91 Å². The number of rotatable bonds is 4. The summed E-state index contributed by atoms with van der Waals surface area (Å²) in [7, 11) is 0. The molecule has 0 aliphatic heterocycles. The highest BCUT2D eigenvalue weighted by Gasteiger charge is 2.13. The Labute approximate surface area is 102 Å². The van der Waals surface area contributed by atoms with Crippen LogP contribution in [0.4, 0.5) is 5.69 Å². The van der Waals surface area contributed by atoms with Crippen LogP contribution in [-0.2, 0) is 4.79 Å². The van der Waals surface area contributed by atoms with Crippen LogP contribution < -0.4 is 15.8 Å². The highest BCUT2D eigenvalue weighted by atomic mass is 16.5. The molecule has 1 amide bonds. The topological polar surface area (TPSA) is 64.3 Å². The van der Waals surface area contributed by atoms with Crippen LogP contribution in [0.15, 0.2) is 24.3 Å². The Balaban J connectivity index is 2.31. The van der Waals surface area contributed by atoms with Gasteiger partial charge in [0.25, 0.3) is 0 Å². The molecule has 0 unspecified atom stereocenters. The number of nitrogen functional groups attached to an aromatic ring is 1. The molecule has 0 saturated carbocycles. The number of amides is 1. The number of nitrogens with two attached hydrogens (primary N) is 1. The summed E-state index contributed by atoms with van der Waals surface area (Å²) in [6.07, 6.45) is 0.339. The summed E-state index contributed by atoms with van der Waals surface area (Å²) < 4.78 is 5.43. The Morgan fingerprint density at radius 3 is 2.71 bits per heavy atom. The second-order valence-corrected chi connectivity index (χ2v) is 4.97. The van der Waals surface area contributed by atoms with Crippen LogP contribution in [0, 0.1) is 0 Å². The van der Waals surface area contributed by atoms with Crippen LogP contribution in [0.2, 0.25) is 0 Å². The molecule has 3 N–H and O–H groups in total. The molecule has 0 bridgehead atoms. The van der Waals surface area contributed by atoms with E-state index in [0.29, 0.717) is 24.5 Å². The van der Waals surface area contributed by atoms with Crippen LogP contribution >= 0.6 is 0 Å². The first-order valence-electron chi connectivity index (χ1n) is 5.66. The van der Waals surface area contributed by atoms with Gasteiger partial charge in [0.15, 0.2) is 0 Å². The maximum atomic E-state index is 11.5. The average molecular weight is 236 g/mol. The van der Waals surface area contributed by atoms with Crippen molar-refractivity contribution in [3.05, 3.63) is 24.3 Å². The lowest BCUT2D eigenvalue weighted by Gasteiger charge is -2.20. The Bertz CT molecular complexity index is 383. The third-order valence-electron chi connectivity index (χ3n) is 1.97. The molecule has 0 heterocycles. The lowest BCUT2D eigenvalue weighted by Crippen LogP contribution is -2.41. The van der Waals surface area contributed by atoms with E-state index in [1.807, 2.05) is 32.9 Å². The summed E-state index contributed by atoms with van der Waals surface area (Å²) in [4.78, 5) is 11.5.